The minimum Gasteiger partial charge on any atom is -0.354 e. The molecule has 2 atom stereocenters. The molecular formula is C34H31N9O2S2. The Balaban J connectivity index is 0.905. The molecule has 2 aliphatic heterocycles. The maximum Gasteiger partial charge on any atom is 0.273 e. The highest BCUT2D eigenvalue weighted by molar-refractivity contribution is 7.08. The van der Waals surface area contributed by atoms with Gasteiger partial charge in [-0.05, 0) is 53.6 Å². The van der Waals surface area contributed by atoms with Crippen molar-refractivity contribution in [2.24, 2.45) is 5.92 Å². The van der Waals surface area contributed by atoms with Crippen LogP contribution in [-0.4, -0.2) is 77.7 Å². The number of imidazole rings is 1. The van der Waals surface area contributed by atoms with Gasteiger partial charge in [-0.1, -0.05) is 24.3 Å². The molecule has 11 nitrogen and oxygen atoms in total. The van der Waals surface area contributed by atoms with E-state index in [4.69, 9.17) is 0 Å². The number of rotatable bonds is 8. The molecule has 0 saturated carbocycles. The number of benzene rings is 2. The standard InChI is InChI=1S/C34H31N9O2S2/c44-32(28-17-46-19-39-28)42-9-7-21(16-42)12-36-34-37-13-26(14-38-34)24-4-3-23-11-25(6-5-22(23)10-24)27-15-35-31(41-27)30-2-1-8-43(30)33(45)29-18-47-20-40-29/h3-6,10-11,13-15,17-21,30H,1-2,7-9,12,16H2,(H,35,41)(H,36,37,38)/t21-,30+/m1/s1. The van der Waals surface area contributed by atoms with E-state index in [1.54, 1.807) is 21.8 Å². The van der Waals surface area contributed by atoms with Crippen molar-refractivity contribution >= 4 is 51.2 Å². The monoisotopic (exact) mass is 661 g/mol. The van der Waals surface area contributed by atoms with Crippen LogP contribution >= 0.6 is 22.7 Å². The lowest BCUT2D eigenvalue weighted by Crippen LogP contribution is -2.31. The normalized spacial score (nSPS) is 17.9. The van der Waals surface area contributed by atoms with Crippen molar-refractivity contribution in [1.29, 1.82) is 0 Å². The molecule has 2 amide bonds. The van der Waals surface area contributed by atoms with Gasteiger partial charge in [0, 0.05) is 60.5 Å². The first-order chi connectivity index (χ1) is 23.1. The summed E-state index contributed by atoms with van der Waals surface area (Å²) in [4.78, 5) is 55.0. The number of likely N-dealkylation sites (tertiary alicyclic amines) is 2. The van der Waals surface area contributed by atoms with Gasteiger partial charge in [0.1, 0.15) is 17.2 Å². The molecule has 6 heterocycles. The molecule has 0 unspecified atom stereocenters. The van der Waals surface area contributed by atoms with E-state index in [2.05, 4.69) is 71.6 Å². The summed E-state index contributed by atoms with van der Waals surface area (Å²) in [5.41, 5.74) is 8.35. The van der Waals surface area contributed by atoms with E-state index >= 15 is 0 Å². The van der Waals surface area contributed by atoms with Crippen molar-refractivity contribution in [2.75, 3.05) is 31.5 Å². The Bertz CT molecular complexity index is 2030. The first kappa shape index (κ1) is 29.4. The molecule has 2 saturated heterocycles. The van der Waals surface area contributed by atoms with Crippen LogP contribution in [-0.2, 0) is 0 Å². The first-order valence-electron chi connectivity index (χ1n) is 15.6. The smallest absolute Gasteiger partial charge is 0.273 e. The van der Waals surface area contributed by atoms with Crippen molar-refractivity contribution in [3.63, 3.8) is 0 Å². The van der Waals surface area contributed by atoms with Crippen molar-refractivity contribution in [3.05, 3.63) is 94.0 Å². The van der Waals surface area contributed by atoms with Gasteiger partial charge in [-0.15, -0.1) is 22.7 Å². The predicted molar refractivity (Wildman–Crippen MR) is 182 cm³/mol. The molecule has 2 fully saturated rings. The number of aromatic amines is 1. The molecule has 0 spiro atoms. The van der Waals surface area contributed by atoms with Gasteiger partial charge in [-0.2, -0.15) is 0 Å². The summed E-state index contributed by atoms with van der Waals surface area (Å²) in [6, 6.07) is 12.6. The number of carbonyl (C=O) groups excluding carboxylic acids is 2. The van der Waals surface area contributed by atoms with Crippen LogP contribution < -0.4 is 5.32 Å². The van der Waals surface area contributed by atoms with Crippen LogP contribution in [0.5, 0.6) is 0 Å². The van der Waals surface area contributed by atoms with Gasteiger partial charge in [0.25, 0.3) is 11.8 Å². The van der Waals surface area contributed by atoms with E-state index in [-0.39, 0.29) is 17.9 Å². The number of nitrogens with zero attached hydrogens (tertiary/aromatic N) is 7. The number of hydrogen-bond acceptors (Lipinski definition) is 10. The van der Waals surface area contributed by atoms with Gasteiger partial charge < -0.3 is 20.1 Å². The van der Waals surface area contributed by atoms with Gasteiger partial charge in [0.05, 0.1) is 29.0 Å². The Morgan fingerprint density at radius 3 is 2.28 bits per heavy atom. The maximum atomic E-state index is 13.0. The fourth-order valence-corrected chi connectivity index (χ4v) is 7.52. The number of nitrogens with one attached hydrogen (secondary N) is 2. The van der Waals surface area contributed by atoms with Crippen molar-refractivity contribution < 1.29 is 9.59 Å². The Labute approximate surface area is 278 Å². The number of H-pyrrole nitrogens is 1. The minimum atomic E-state index is -0.0807. The lowest BCUT2D eigenvalue weighted by molar-refractivity contribution is 0.0724. The van der Waals surface area contributed by atoms with Gasteiger partial charge in [-0.25, -0.2) is 24.9 Å². The number of fused-ring (bicyclic) bond motifs is 1. The van der Waals surface area contributed by atoms with Crippen LogP contribution in [0.1, 0.15) is 52.1 Å². The Kier molecular flexibility index (Phi) is 7.91. The second-order valence-electron chi connectivity index (χ2n) is 11.9. The lowest BCUT2D eigenvalue weighted by atomic mass is 10.0. The van der Waals surface area contributed by atoms with Gasteiger partial charge in [0.15, 0.2) is 0 Å². The second-order valence-corrected chi connectivity index (χ2v) is 13.4. The quantitative estimate of drug-likeness (QED) is 0.199. The van der Waals surface area contributed by atoms with E-state index in [0.29, 0.717) is 42.9 Å². The van der Waals surface area contributed by atoms with Crippen molar-refractivity contribution in [3.8, 4) is 22.4 Å². The van der Waals surface area contributed by atoms with Crippen LogP contribution in [0.4, 0.5) is 5.95 Å². The Morgan fingerprint density at radius 2 is 1.53 bits per heavy atom. The fraction of sp³-hybridized carbons (Fsp3) is 0.265. The summed E-state index contributed by atoms with van der Waals surface area (Å²) in [6.45, 7) is 2.86. The van der Waals surface area contributed by atoms with Crippen LogP contribution in [0.25, 0.3) is 33.2 Å². The summed E-state index contributed by atoms with van der Waals surface area (Å²) in [5.74, 6) is 1.69. The zero-order valence-electron chi connectivity index (χ0n) is 25.4. The van der Waals surface area contributed by atoms with Gasteiger partial charge in [-0.3, -0.25) is 9.59 Å². The summed E-state index contributed by atoms with van der Waals surface area (Å²) in [5, 5.41) is 9.17. The largest absolute Gasteiger partial charge is 0.354 e. The summed E-state index contributed by atoms with van der Waals surface area (Å²) in [6.07, 6.45) is 8.29. The lowest BCUT2D eigenvalue weighted by Gasteiger charge is -2.22. The third kappa shape index (κ3) is 5.99. The average molecular weight is 662 g/mol. The fourth-order valence-electron chi connectivity index (χ4n) is 6.47. The van der Waals surface area contributed by atoms with Crippen molar-refractivity contribution in [2.45, 2.75) is 25.3 Å². The molecule has 0 radical (unpaired) electrons. The Hall–Kier alpha value is -5.01. The van der Waals surface area contributed by atoms with E-state index in [0.717, 1.165) is 64.8 Å². The molecule has 236 valence electrons. The number of carbonyl (C=O) groups is 2. The first-order valence-corrected chi connectivity index (χ1v) is 17.5. The number of aromatic nitrogens is 6. The molecule has 8 rings (SSSR count). The number of thiazole rings is 2. The van der Waals surface area contributed by atoms with Gasteiger partial charge in [0.2, 0.25) is 5.95 Å². The van der Waals surface area contributed by atoms with Crippen molar-refractivity contribution in [1.82, 2.24) is 39.7 Å². The number of hydrogen-bond donors (Lipinski definition) is 2. The van der Waals surface area contributed by atoms with E-state index in [9.17, 15) is 9.59 Å². The second kappa shape index (κ2) is 12.6. The zero-order valence-corrected chi connectivity index (χ0v) is 27.0. The Morgan fingerprint density at radius 1 is 0.809 bits per heavy atom. The molecule has 13 heteroatoms. The molecular weight excluding hydrogens is 631 g/mol. The molecule has 2 N–H and O–H groups in total. The highest BCUT2D eigenvalue weighted by Gasteiger charge is 2.33. The molecule has 0 bridgehead atoms. The van der Waals surface area contributed by atoms with E-state index in [1.807, 2.05) is 28.4 Å². The summed E-state index contributed by atoms with van der Waals surface area (Å²) < 4.78 is 0. The summed E-state index contributed by atoms with van der Waals surface area (Å²) >= 11 is 2.87. The molecule has 2 aromatic carbocycles. The van der Waals surface area contributed by atoms with Gasteiger partial charge >= 0.3 is 0 Å². The highest BCUT2D eigenvalue weighted by Crippen LogP contribution is 2.34. The SMILES string of the molecule is O=C(c1cscn1)N1CC[C@H](CNc2ncc(-c3ccc4cc(-c5cnc([C@@H]6CCCN6C(=O)c6cscn6)[nH]5)ccc4c3)cn2)C1. The number of anilines is 1. The van der Waals surface area contributed by atoms with Crippen LogP contribution in [0, 0.1) is 5.92 Å². The van der Waals surface area contributed by atoms with Crippen LogP contribution in [0.3, 0.4) is 0 Å². The highest BCUT2D eigenvalue weighted by atomic mass is 32.1. The minimum absolute atomic E-state index is 0.00428. The summed E-state index contributed by atoms with van der Waals surface area (Å²) in [7, 11) is 0. The van der Waals surface area contributed by atoms with Crippen LogP contribution in [0.2, 0.25) is 0 Å². The zero-order chi connectivity index (χ0) is 31.7. The number of amides is 2. The average Bonchev–Trinajstić information content (AvgIpc) is 3.96. The predicted octanol–water partition coefficient (Wildman–Crippen LogP) is 6.15. The molecule has 2 aliphatic rings. The third-order valence-electron chi connectivity index (χ3n) is 8.99. The molecule has 6 aromatic rings. The molecule has 0 aliphatic carbocycles. The van der Waals surface area contributed by atoms with E-state index in [1.165, 1.54) is 22.7 Å². The maximum absolute atomic E-state index is 13.0. The van der Waals surface area contributed by atoms with E-state index < -0.39 is 0 Å². The topological polar surface area (TPSA) is 133 Å². The van der Waals surface area contributed by atoms with Crippen LogP contribution in [0.15, 0.2) is 76.8 Å². The third-order valence-corrected chi connectivity index (χ3v) is 10.2. The molecule has 47 heavy (non-hydrogen) atoms. The molecule has 4 aromatic heterocycles.